The lowest BCUT2D eigenvalue weighted by atomic mass is 10.2. The number of ether oxygens (including phenoxy) is 1. The Balaban J connectivity index is 1.44. The zero-order valence-electron chi connectivity index (χ0n) is 16.3. The molecule has 1 atom stereocenters. The molecule has 0 aliphatic carbocycles. The topological polar surface area (TPSA) is 110 Å². The van der Waals surface area contributed by atoms with E-state index in [-0.39, 0.29) is 34.9 Å². The van der Waals surface area contributed by atoms with Crippen LogP contribution in [0.5, 0.6) is 5.75 Å². The van der Waals surface area contributed by atoms with Gasteiger partial charge in [0.1, 0.15) is 0 Å². The number of hydrogen-bond donors (Lipinski definition) is 0. The molecule has 1 aromatic rings. The molecule has 2 fully saturated rings. The van der Waals surface area contributed by atoms with Crippen LogP contribution in [-0.2, 0) is 20.4 Å². The average molecular weight is 444 g/mol. The zero-order chi connectivity index (χ0) is 21.0. The Kier molecular flexibility index (Phi) is 7.01. The van der Waals surface area contributed by atoms with E-state index < -0.39 is 14.8 Å². The fourth-order valence-corrected chi connectivity index (χ4v) is 6.35. The molecule has 0 N–H and O–H groups in total. The van der Waals surface area contributed by atoms with Crippen molar-refractivity contribution in [3.05, 3.63) is 33.9 Å². The van der Waals surface area contributed by atoms with Gasteiger partial charge >= 0.3 is 5.69 Å². The SMILES string of the molecule is COc1ccc(CSCC(=O)N2CCN(C3CCS(=O)(=O)C3)CC2)cc1[N+](=O)[O-]. The van der Waals surface area contributed by atoms with E-state index in [1.54, 1.807) is 12.1 Å². The number of amides is 1. The summed E-state index contributed by atoms with van der Waals surface area (Å²) in [5.41, 5.74) is 0.685. The third kappa shape index (κ3) is 5.61. The van der Waals surface area contributed by atoms with E-state index in [0.717, 1.165) is 5.56 Å². The predicted molar refractivity (Wildman–Crippen MR) is 111 cm³/mol. The molecule has 9 nitrogen and oxygen atoms in total. The number of hydrogen-bond acceptors (Lipinski definition) is 8. The average Bonchev–Trinajstić information content (AvgIpc) is 3.07. The molecule has 11 heteroatoms. The summed E-state index contributed by atoms with van der Waals surface area (Å²) in [6, 6.07) is 4.89. The van der Waals surface area contributed by atoms with Crippen molar-refractivity contribution >= 4 is 33.2 Å². The maximum absolute atomic E-state index is 12.5. The molecule has 160 valence electrons. The minimum absolute atomic E-state index is 0.0386. The van der Waals surface area contributed by atoms with Gasteiger partial charge in [-0.1, -0.05) is 6.07 Å². The fourth-order valence-electron chi connectivity index (χ4n) is 3.72. The van der Waals surface area contributed by atoms with Gasteiger partial charge in [-0.25, -0.2) is 8.42 Å². The van der Waals surface area contributed by atoms with Gasteiger partial charge in [0, 0.05) is 44.0 Å². The van der Waals surface area contributed by atoms with E-state index in [9.17, 15) is 23.3 Å². The molecule has 0 radical (unpaired) electrons. The van der Waals surface area contributed by atoms with Crippen molar-refractivity contribution in [3.8, 4) is 5.75 Å². The second-order valence-corrected chi connectivity index (χ2v) is 10.4. The van der Waals surface area contributed by atoms with E-state index in [0.29, 0.717) is 44.1 Å². The molecule has 1 amide bonds. The molecule has 3 rings (SSSR count). The Morgan fingerprint density at radius 2 is 2.03 bits per heavy atom. The van der Waals surface area contributed by atoms with Crippen LogP contribution in [-0.4, -0.2) is 85.6 Å². The van der Waals surface area contributed by atoms with E-state index in [2.05, 4.69) is 4.90 Å². The first kappa shape index (κ1) is 21.8. The van der Waals surface area contributed by atoms with Crippen LogP contribution < -0.4 is 4.74 Å². The minimum Gasteiger partial charge on any atom is -0.490 e. The van der Waals surface area contributed by atoms with Crippen molar-refractivity contribution in [1.29, 1.82) is 0 Å². The third-order valence-electron chi connectivity index (χ3n) is 5.33. The Hall–Kier alpha value is -1.85. The fraction of sp³-hybridized carbons (Fsp3) is 0.611. The maximum atomic E-state index is 12.5. The number of benzene rings is 1. The monoisotopic (exact) mass is 443 g/mol. The highest BCUT2D eigenvalue weighted by Crippen LogP contribution is 2.29. The normalized spacial score (nSPS) is 21.8. The van der Waals surface area contributed by atoms with Crippen LogP contribution in [0, 0.1) is 10.1 Å². The van der Waals surface area contributed by atoms with Crippen molar-refractivity contribution < 1.29 is 22.9 Å². The Labute approximate surface area is 174 Å². The molecule has 1 aromatic carbocycles. The van der Waals surface area contributed by atoms with Crippen molar-refractivity contribution in [2.45, 2.75) is 18.2 Å². The summed E-state index contributed by atoms with van der Waals surface area (Å²) in [6.07, 6.45) is 0.681. The highest BCUT2D eigenvalue weighted by Gasteiger charge is 2.34. The summed E-state index contributed by atoms with van der Waals surface area (Å²) in [5.74, 6) is 1.54. The summed E-state index contributed by atoms with van der Waals surface area (Å²) in [6.45, 7) is 2.59. The zero-order valence-corrected chi connectivity index (χ0v) is 17.9. The van der Waals surface area contributed by atoms with Crippen LogP contribution in [0.25, 0.3) is 0 Å². The van der Waals surface area contributed by atoms with E-state index in [1.807, 2.05) is 4.90 Å². The number of piperazine rings is 1. The summed E-state index contributed by atoms with van der Waals surface area (Å²) in [4.78, 5) is 27.1. The number of rotatable bonds is 7. The van der Waals surface area contributed by atoms with Crippen molar-refractivity contribution in [2.75, 3.05) is 50.5 Å². The largest absolute Gasteiger partial charge is 0.490 e. The molecule has 0 bridgehead atoms. The maximum Gasteiger partial charge on any atom is 0.311 e. The van der Waals surface area contributed by atoms with Crippen LogP contribution in [0.4, 0.5) is 5.69 Å². The Morgan fingerprint density at radius 1 is 1.31 bits per heavy atom. The van der Waals surface area contributed by atoms with Gasteiger partial charge in [-0.3, -0.25) is 19.8 Å². The van der Waals surface area contributed by atoms with Gasteiger partial charge < -0.3 is 9.64 Å². The smallest absolute Gasteiger partial charge is 0.311 e. The number of nitrogens with zero attached hydrogens (tertiary/aromatic N) is 3. The summed E-state index contributed by atoms with van der Waals surface area (Å²) >= 11 is 1.42. The summed E-state index contributed by atoms with van der Waals surface area (Å²) < 4.78 is 28.3. The molecular formula is C18H25N3O6S2. The van der Waals surface area contributed by atoms with Gasteiger partial charge in [-0.05, 0) is 18.1 Å². The third-order valence-corrected chi connectivity index (χ3v) is 8.06. The lowest BCUT2D eigenvalue weighted by Gasteiger charge is -2.37. The standard InChI is InChI=1S/C18H25N3O6S2/c1-27-17-3-2-14(10-16(17)21(23)24)11-28-12-18(22)20-7-5-19(6-8-20)15-4-9-29(25,26)13-15/h2-3,10,15H,4-9,11-13H2,1H3. The second kappa shape index (κ2) is 9.31. The number of nitro benzene ring substituents is 1. The van der Waals surface area contributed by atoms with Crippen molar-refractivity contribution in [2.24, 2.45) is 0 Å². The predicted octanol–water partition coefficient (Wildman–Crippen LogP) is 1.17. The molecule has 1 unspecified atom stereocenters. The highest BCUT2D eigenvalue weighted by atomic mass is 32.2. The second-order valence-electron chi connectivity index (χ2n) is 7.23. The van der Waals surface area contributed by atoms with Crippen LogP contribution in [0.2, 0.25) is 0 Å². The van der Waals surface area contributed by atoms with Crippen LogP contribution >= 0.6 is 11.8 Å². The number of carbonyl (C=O) groups excluding carboxylic acids is 1. The molecule has 0 aromatic heterocycles. The van der Waals surface area contributed by atoms with Crippen LogP contribution in [0.1, 0.15) is 12.0 Å². The minimum atomic E-state index is -2.90. The molecular weight excluding hydrogens is 418 g/mol. The van der Waals surface area contributed by atoms with E-state index in [4.69, 9.17) is 4.74 Å². The molecule has 2 aliphatic heterocycles. The van der Waals surface area contributed by atoms with Crippen LogP contribution in [0.15, 0.2) is 18.2 Å². The lowest BCUT2D eigenvalue weighted by molar-refractivity contribution is -0.385. The van der Waals surface area contributed by atoms with Gasteiger partial charge in [-0.2, -0.15) is 0 Å². The van der Waals surface area contributed by atoms with Gasteiger partial charge in [0.25, 0.3) is 0 Å². The summed E-state index contributed by atoms with van der Waals surface area (Å²) in [5, 5.41) is 11.1. The number of sulfone groups is 1. The van der Waals surface area contributed by atoms with Crippen LogP contribution in [0.3, 0.4) is 0 Å². The van der Waals surface area contributed by atoms with E-state index >= 15 is 0 Å². The van der Waals surface area contributed by atoms with E-state index in [1.165, 1.54) is 24.9 Å². The molecule has 0 spiro atoms. The number of thioether (sulfide) groups is 1. The first-order valence-electron chi connectivity index (χ1n) is 9.40. The van der Waals surface area contributed by atoms with Gasteiger partial charge in [0.2, 0.25) is 5.91 Å². The first-order valence-corrected chi connectivity index (χ1v) is 12.4. The molecule has 2 heterocycles. The first-order chi connectivity index (χ1) is 13.8. The number of carbonyl (C=O) groups is 1. The molecule has 2 aliphatic rings. The Morgan fingerprint density at radius 3 is 2.62 bits per heavy atom. The molecule has 0 saturated carbocycles. The van der Waals surface area contributed by atoms with Crippen molar-refractivity contribution in [1.82, 2.24) is 9.80 Å². The Bertz CT molecular complexity index is 868. The van der Waals surface area contributed by atoms with Crippen molar-refractivity contribution in [3.63, 3.8) is 0 Å². The number of nitro groups is 1. The summed E-state index contributed by atoms with van der Waals surface area (Å²) in [7, 11) is -1.51. The van der Waals surface area contributed by atoms with Gasteiger partial charge in [-0.15, -0.1) is 11.8 Å². The molecule has 29 heavy (non-hydrogen) atoms. The quantitative estimate of drug-likeness (QED) is 0.456. The molecule has 2 saturated heterocycles. The lowest BCUT2D eigenvalue weighted by Crippen LogP contribution is -2.52. The number of methoxy groups -OCH3 is 1. The van der Waals surface area contributed by atoms with Gasteiger partial charge in [0.05, 0.1) is 29.3 Å². The van der Waals surface area contributed by atoms with Gasteiger partial charge in [0.15, 0.2) is 15.6 Å². The highest BCUT2D eigenvalue weighted by molar-refractivity contribution is 7.99.